The van der Waals surface area contributed by atoms with Crippen molar-refractivity contribution >= 4 is 17.7 Å². The van der Waals surface area contributed by atoms with Crippen LogP contribution < -0.4 is 5.32 Å². The second-order valence-electron chi connectivity index (χ2n) is 7.28. The van der Waals surface area contributed by atoms with Gasteiger partial charge in [-0.15, -0.1) is 5.10 Å². The Labute approximate surface area is 175 Å². The fourth-order valence-electron chi connectivity index (χ4n) is 3.47. The third kappa shape index (κ3) is 5.25. The third-order valence-corrected chi connectivity index (χ3v) is 5.98. The molecule has 0 aliphatic carbocycles. The summed E-state index contributed by atoms with van der Waals surface area (Å²) in [5.41, 5.74) is 2.26. The maximum atomic E-state index is 12.6. The van der Waals surface area contributed by atoms with Gasteiger partial charge in [0.15, 0.2) is 0 Å². The van der Waals surface area contributed by atoms with Gasteiger partial charge in [-0.1, -0.05) is 60.3 Å². The number of para-hydroxylation sites is 1. The van der Waals surface area contributed by atoms with Crippen LogP contribution in [0.2, 0.25) is 0 Å². The van der Waals surface area contributed by atoms with Crippen LogP contribution in [0.5, 0.6) is 0 Å². The van der Waals surface area contributed by atoms with E-state index in [2.05, 4.69) is 44.6 Å². The normalized spacial score (nSPS) is 17.9. The predicted octanol–water partition coefficient (Wildman–Crippen LogP) is 3.14. The van der Waals surface area contributed by atoms with E-state index in [0.29, 0.717) is 5.16 Å². The van der Waals surface area contributed by atoms with Crippen molar-refractivity contribution < 1.29 is 4.79 Å². The lowest BCUT2D eigenvalue weighted by molar-refractivity contribution is -0.120. The molecule has 2 unspecified atom stereocenters. The quantitative estimate of drug-likeness (QED) is 0.610. The van der Waals surface area contributed by atoms with E-state index in [1.807, 2.05) is 43.3 Å². The Hall–Kier alpha value is -2.64. The molecule has 29 heavy (non-hydrogen) atoms. The Morgan fingerprint density at radius 1 is 1.17 bits per heavy atom. The molecule has 1 fully saturated rings. The Kier molecular flexibility index (Phi) is 6.27. The van der Waals surface area contributed by atoms with Crippen molar-refractivity contribution in [2.45, 2.75) is 36.3 Å². The summed E-state index contributed by atoms with van der Waals surface area (Å²) < 4.78 is 1.73. The van der Waals surface area contributed by atoms with E-state index in [0.717, 1.165) is 31.7 Å². The second kappa shape index (κ2) is 9.24. The molecule has 2 heterocycles. The van der Waals surface area contributed by atoms with Gasteiger partial charge in [-0.3, -0.25) is 9.69 Å². The van der Waals surface area contributed by atoms with Gasteiger partial charge < -0.3 is 5.32 Å². The SMILES string of the molecule is CC(Sc1ncn(-c2ccccc2)n1)C(=O)NC1CCN(Cc2ccccc2)C1. The number of hydrogen-bond donors (Lipinski definition) is 1. The molecule has 4 rings (SSSR count). The number of carbonyl (C=O) groups excluding carboxylic acids is 1. The average Bonchev–Trinajstić information content (AvgIpc) is 3.39. The number of nitrogens with zero attached hydrogens (tertiary/aromatic N) is 4. The highest BCUT2D eigenvalue weighted by Crippen LogP contribution is 2.21. The highest BCUT2D eigenvalue weighted by Gasteiger charge is 2.26. The van der Waals surface area contributed by atoms with Gasteiger partial charge in [0.25, 0.3) is 0 Å². The number of amides is 1. The zero-order valence-corrected chi connectivity index (χ0v) is 17.3. The van der Waals surface area contributed by atoms with Gasteiger partial charge in [-0.05, 0) is 31.0 Å². The zero-order chi connectivity index (χ0) is 20.1. The van der Waals surface area contributed by atoms with Crippen LogP contribution in [0.15, 0.2) is 72.1 Å². The molecule has 2 atom stereocenters. The molecule has 6 nitrogen and oxygen atoms in total. The maximum Gasteiger partial charge on any atom is 0.233 e. The van der Waals surface area contributed by atoms with Crippen LogP contribution in [0, 0.1) is 0 Å². The summed E-state index contributed by atoms with van der Waals surface area (Å²) in [6.07, 6.45) is 2.66. The summed E-state index contributed by atoms with van der Waals surface area (Å²) in [7, 11) is 0. The van der Waals surface area contributed by atoms with Crippen LogP contribution >= 0.6 is 11.8 Å². The van der Waals surface area contributed by atoms with Crippen LogP contribution in [-0.2, 0) is 11.3 Å². The fourth-order valence-corrected chi connectivity index (χ4v) is 4.21. The lowest BCUT2D eigenvalue weighted by Crippen LogP contribution is -2.40. The molecular formula is C22H25N5OS. The molecular weight excluding hydrogens is 382 g/mol. The first-order valence-corrected chi connectivity index (χ1v) is 10.8. The van der Waals surface area contributed by atoms with E-state index in [1.165, 1.54) is 17.3 Å². The Bertz CT molecular complexity index is 931. The Balaban J connectivity index is 1.26. The Morgan fingerprint density at radius 3 is 2.66 bits per heavy atom. The molecule has 1 aliphatic rings. The van der Waals surface area contributed by atoms with Crippen molar-refractivity contribution in [2.24, 2.45) is 0 Å². The van der Waals surface area contributed by atoms with Crippen molar-refractivity contribution in [3.05, 3.63) is 72.6 Å². The standard InChI is InChI=1S/C22H25N5OS/c1-17(29-22-23-16-27(25-22)20-10-6-3-7-11-20)21(28)24-19-12-13-26(15-19)14-18-8-4-2-5-9-18/h2-11,16-17,19H,12-15H2,1H3,(H,24,28). The number of nitrogens with one attached hydrogen (secondary N) is 1. The van der Waals surface area contributed by atoms with E-state index < -0.39 is 0 Å². The maximum absolute atomic E-state index is 12.6. The minimum atomic E-state index is -0.246. The molecule has 2 aromatic carbocycles. The van der Waals surface area contributed by atoms with E-state index in [9.17, 15) is 4.79 Å². The highest BCUT2D eigenvalue weighted by atomic mass is 32.2. The van der Waals surface area contributed by atoms with Crippen molar-refractivity contribution in [1.82, 2.24) is 25.0 Å². The number of rotatable bonds is 7. The van der Waals surface area contributed by atoms with Crippen LogP contribution in [0.4, 0.5) is 0 Å². The van der Waals surface area contributed by atoms with Crippen molar-refractivity contribution in [2.75, 3.05) is 13.1 Å². The number of hydrogen-bond acceptors (Lipinski definition) is 5. The molecule has 1 amide bonds. The average molecular weight is 408 g/mol. The van der Waals surface area contributed by atoms with Gasteiger partial charge in [0.1, 0.15) is 6.33 Å². The summed E-state index contributed by atoms with van der Waals surface area (Å²) in [6.45, 7) is 4.72. The Morgan fingerprint density at radius 2 is 1.90 bits per heavy atom. The minimum absolute atomic E-state index is 0.0395. The first-order valence-electron chi connectivity index (χ1n) is 9.88. The number of benzene rings is 2. The van der Waals surface area contributed by atoms with Crippen LogP contribution in [-0.4, -0.2) is 50.0 Å². The predicted molar refractivity (Wildman–Crippen MR) is 115 cm³/mol. The van der Waals surface area contributed by atoms with Gasteiger partial charge in [0.05, 0.1) is 10.9 Å². The fraction of sp³-hybridized carbons (Fsp3) is 0.318. The molecule has 1 aliphatic heterocycles. The van der Waals surface area contributed by atoms with Crippen molar-refractivity contribution in [1.29, 1.82) is 0 Å². The van der Waals surface area contributed by atoms with Crippen molar-refractivity contribution in [3.63, 3.8) is 0 Å². The summed E-state index contributed by atoms with van der Waals surface area (Å²) in [5, 5.41) is 8.02. The second-order valence-corrected chi connectivity index (χ2v) is 8.59. The number of carbonyl (C=O) groups is 1. The van der Waals surface area contributed by atoms with Crippen LogP contribution in [0.25, 0.3) is 5.69 Å². The third-order valence-electron chi connectivity index (χ3n) is 5.01. The largest absolute Gasteiger partial charge is 0.351 e. The van der Waals surface area contributed by atoms with Gasteiger partial charge in [-0.2, -0.15) is 0 Å². The van der Waals surface area contributed by atoms with E-state index in [4.69, 9.17) is 0 Å². The van der Waals surface area contributed by atoms with Gasteiger partial charge in [0, 0.05) is 25.7 Å². The number of thioether (sulfide) groups is 1. The lowest BCUT2D eigenvalue weighted by atomic mass is 10.2. The summed E-state index contributed by atoms with van der Waals surface area (Å²) >= 11 is 1.39. The highest BCUT2D eigenvalue weighted by molar-refractivity contribution is 8.00. The summed E-state index contributed by atoms with van der Waals surface area (Å²) in [4.78, 5) is 19.4. The van der Waals surface area contributed by atoms with Gasteiger partial charge in [-0.25, -0.2) is 9.67 Å². The number of likely N-dealkylation sites (tertiary alicyclic amines) is 1. The van der Waals surface area contributed by atoms with Crippen molar-refractivity contribution in [3.8, 4) is 5.69 Å². The molecule has 1 aromatic heterocycles. The van der Waals surface area contributed by atoms with Crippen LogP contribution in [0.1, 0.15) is 18.9 Å². The number of aromatic nitrogens is 3. The smallest absolute Gasteiger partial charge is 0.233 e. The molecule has 1 saturated heterocycles. The zero-order valence-electron chi connectivity index (χ0n) is 16.4. The molecule has 0 saturated carbocycles. The van der Waals surface area contributed by atoms with Gasteiger partial charge in [0.2, 0.25) is 11.1 Å². The molecule has 0 spiro atoms. The first-order chi connectivity index (χ1) is 14.2. The lowest BCUT2D eigenvalue weighted by Gasteiger charge is -2.18. The molecule has 0 bridgehead atoms. The molecule has 150 valence electrons. The topological polar surface area (TPSA) is 63.1 Å². The van der Waals surface area contributed by atoms with Crippen LogP contribution in [0.3, 0.4) is 0 Å². The molecule has 3 aromatic rings. The van der Waals surface area contributed by atoms with E-state index in [1.54, 1.807) is 11.0 Å². The minimum Gasteiger partial charge on any atom is -0.351 e. The summed E-state index contributed by atoms with van der Waals surface area (Å²) in [5.74, 6) is 0.0395. The summed E-state index contributed by atoms with van der Waals surface area (Å²) in [6, 6.07) is 20.5. The molecule has 0 radical (unpaired) electrons. The molecule has 7 heteroatoms. The molecule has 1 N–H and O–H groups in total. The van der Waals surface area contributed by atoms with E-state index >= 15 is 0 Å². The van der Waals surface area contributed by atoms with Gasteiger partial charge >= 0.3 is 0 Å². The monoisotopic (exact) mass is 407 g/mol. The van der Waals surface area contributed by atoms with E-state index in [-0.39, 0.29) is 17.2 Å². The first kappa shape index (κ1) is 19.7.